The SMILES string of the molecule is CCC[C@H]1CCc2c(sc(NC(=O)c3cc(-c4ccc(CC)cc4)nc4ccccc34)c2C(N)=O)C1. The summed E-state index contributed by atoms with van der Waals surface area (Å²) >= 11 is 1.50. The number of nitrogens with two attached hydrogens (primary N) is 1. The van der Waals surface area contributed by atoms with Crippen LogP contribution in [0.25, 0.3) is 22.2 Å². The highest BCUT2D eigenvalue weighted by atomic mass is 32.1. The van der Waals surface area contributed by atoms with Crippen LogP contribution in [0.1, 0.15) is 69.8 Å². The van der Waals surface area contributed by atoms with E-state index in [1.54, 1.807) is 0 Å². The van der Waals surface area contributed by atoms with Gasteiger partial charge in [0.15, 0.2) is 0 Å². The van der Waals surface area contributed by atoms with Crippen LogP contribution in [0.4, 0.5) is 5.00 Å². The van der Waals surface area contributed by atoms with Crippen molar-refractivity contribution in [1.29, 1.82) is 0 Å². The highest BCUT2D eigenvalue weighted by molar-refractivity contribution is 7.17. The fourth-order valence-corrected chi connectivity index (χ4v) is 6.61. The molecule has 0 aliphatic heterocycles. The molecule has 2 heterocycles. The zero-order valence-electron chi connectivity index (χ0n) is 20.8. The van der Waals surface area contributed by atoms with Gasteiger partial charge in [0.05, 0.1) is 22.3 Å². The zero-order valence-corrected chi connectivity index (χ0v) is 21.6. The zero-order chi connectivity index (χ0) is 25.2. The van der Waals surface area contributed by atoms with Gasteiger partial charge in [-0.25, -0.2) is 4.98 Å². The topological polar surface area (TPSA) is 85.1 Å². The van der Waals surface area contributed by atoms with Crippen molar-refractivity contribution >= 4 is 39.1 Å². The Labute approximate surface area is 215 Å². The van der Waals surface area contributed by atoms with E-state index in [-0.39, 0.29) is 5.91 Å². The summed E-state index contributed by atoms with van der Waals surface area (Å²) in [5.41, 5.74) is 11.5. The number of primary amides is 1. The number of nitrogens with zero attached hydrogens (tertiary/aromatic N) is 1. The van der Waals surface area contributed by atoms with Gasteiger partial charge >= 0.3 is 0 Å². The van der Waals surface area contributed by atoms with Crippen LogP contribution in [0.3, 0.4) is 0 Å². The van der Waals surface area contributed by atoms with E-state index in [4.69, 9.17) is 10.7 Å². The highest BCUT2D eigenvalue weighted by Crippen LogP contribution is 2.41. The van der Waals surface area contributed by atoms with Crippen LogP contribution in [0.2, 0.25) is 0 Å². The maximum Gasteiger partial charge on any atom is 0.257 e. The smallest absolute Gasteiger partial charge is 0.257 e. The van der Waals surface area contributed by atoms with Crippen molar-refractivity contribution in [3.05, 3.63) is 81.7 Å². The number of nitrogens with one attached hydrogen (secondary N) is 1. The summed E-state index contributed by atoms with van der Waals surface area (Å²) in [6.45, 7) is 4.33. The third-order valence-corrected chi connectivity index (χ3v) is 8.33. The molecule has 36 heavy (non-hydrogen) atoms. The molecule has 6 heteroatoms. The van der Waals surface area contributed by atoms with Gasteiger partial charge in [0.2, 0.25) is 0 Å². The lowest BCUT2D eigenvalue weighted by Crippen LogP contribution is -2.20. The Morgan fingerprint density at radius 1 is 1.11 bits per heavy atom. The van der Waals surface area contributed by atoms with Crippen LogP contribution >= 0.6 is 11.3 Å². The lowest BCUT2D eigenvalue weighted by molar-refractivity contribution is 0.1000. The number of amides is 2. The molecule has 0 fully saturated rings. The van der Waals surface area contributed by atoms with Gasteiger partial charge in [-0.05, 0) is 54.9 Å². The largest absolute Gasteiger partial charge is 0.365 e. The number of carbonyl (C=O) groups is 2. The number of thiophene rings is 1. The molecule has 2 aromatic heterocycles. The Bertz CT molecular complexity index is 1440. The van der Waals surface area contributed by atoms with Crippen LogP contribution in [-0.2, 0) is 19.3 Å². The molecular weight excluding hydrogens is 466 g/mol. The molecule has 5 rings (SSSR count). The first-order valence-corrected chi connectivity index (χ1v) is 13.5. The van der Waals surface area contributed by atoms with E-state index < -0.39 is 5.91 Å². The van der Waals surface area contributed by atoms with Crippen molar-refractivity contribution in [2.24, 2.45) is 11.7 Å². The van der Waals surface area contributed by atoms with Gasteiger partial charge in [-0.2, -0.15) is 0 Å². The van der Waals surface area contributed by atoms with Gasteiger partial charge in [-0.15, -0.1) is 11.3 Å². The van der Waals surface area contributed by atoms with Crippen molar-refractivity contribution in [3.63, 3.8) is 0 Å². The van der Waals surface area contributed by atoms with Gasteiger partial charge in [-0.1, -0.05) is 69.2 Å². The van der Waals surface area contributed by atoms with Gasteiger partial charge in [0.25, 0.3) is 11.8 Å². The molecule has 0 saturated heterocycles. The molecule has 0 radical (unpaired) electrons. The summed E-state index contributed by atoms with van der Waals surface area (Å²) in [7, 11) is 0. The Balaban J connectivity index is 1.53. The second-order valence-electron chi connectivity index (χ2n) is 9.55. The molecule has 184 valence electrons. The van der Waals surface area contributed by atoms with Gasteiger partial charge in [0, 0.05) is 15.8 Å². The number of hydrogen-bond donors (Lipinski definition) is 2. The van der Waals surface area contributed by atoms with Crippen molar-refractivity contribution in [2.75, 3.05) is 5.32 Å². The minimum Gasteiger partial charge on any atom is -0.365 e. The number of para-hydroxylation sites is 1. The van der Waals surface area contributed by atoms with Crippen LogP contribution < -0.4 is 11.1 Å². The first kappa shape index (κ1) is 24.2. The standard InChI is InChI=1S/C30H31N3O2S/c1-3-7-19-12-15-22-26(16-19)36-30(27(22)28(31)34)33-29(35)23-17-25(20-13-10-18(4-2)11-14-20)32-24-9-6-5-8-21(23)24/h5-6,8-11,13-14,17,19H,3-4,7,12,15-16H2,1-2H3,(H2,31,34)(H,33,35)/t19-/m0/s1. The first-order chi connectivity index (χ1) is 17.5. The minimum atomic E-state index is -0.479. The Morgan fingerprint density at radius 2 is 1.89 bits per heavy atom. The van der Waals surface area contributed by atoms with Crippen molar-refractivity contribution < 1.29 is 9.59 Å². The Hall–Kier alpha value is -3.51. The van der Waals surface area contributed by atoms with Gasteiger partial charge in [0.1, 0.15) is 5.00 Å². The first-order valence-electron chi connectivity index (χ1n) is 12.7. The average molecular weight is 498 g/mol. The van der Waals surface area contributed by atoms with E-state index in [1.165, 1.54) is 28.2 Å². The quantitative estimate of drug-likeness (QED) is 0.295. The summed E-state index contributed by atoms with van der Waals surface area (Å²) in [6, 6.07) is 17.8. The number of pyridine rings is 1. The van der Waals surface area contributed by atoms with E-state index in [9.17, 15) is 9.59 Å². The van der Waals surface area contributed by atoms with Gasteiger partial charge < -0.3 is 11.1 Å². The number of benzene rings is 2. The van der Waals surface area contributed by atoms with Crippen molar-refractivity contribution in [1.82, 2.24) is 4.98 Å². The monoisotopic (exact) mass is 497 g/mol. The summed E-state index contributed by atoms with van der Waals surface area (Å²) < 4.78 is 0. The van der Waals surface area contributed by atoms with E-state index in [0.29, 0.717) is 22.0 Å². The normalized spacial score (nSPS) is 15.0. The second-order valence-corrected chi connectivity index (χ2v) is 10.7. The third-order valence-electron chi connectivity index (χ3n) is 7.16. The molecule has 1 atom stereocenters. The molecule has 0 unspecified atom stereocenters. The Morgan fingerprint density at radius 3 is 2.61 bits per heavy atom. The van der Waals surface area contributed by atoms with Crippen LogP contribution in [0.5, 0.6) is 0 Å². The molecule has 1 aliphatic carbocycles. The van der Waals surface area contributed by atoms with E-state index in [1.807, 2.05) is 42.5 Å². The van der Waals surface area contributed by atoms with Crippen molar-refractivity contribution in [2.45, 2.75) is 52.4 Å². The van der Waals surface area contributed by atoms with E-state index in [2.05, 4.69) is 31.3 Å². The molecule has 2 aromatic carbocycles. The number of rotatable bonds is 7. The lowest BCUT2D eigenvalue weighted by Gasteiger charge is -2.21. The molecule has 3 N–H and O–H groups in total. The molecule has 4 aromatic rings. The second kappa shape index (κ2) is 10.2. The number of hydrogen-bond acceptors (Lipinski definition) is 4. The number of aromatic nitrogens is 1. The van der Waals surface area contributed by atoms with E-state index in [0.717, 1.165) is 59.8 Å². The Kier molecular flexibility index (Phi) is 6.88. The van der Waals surface area contributed by atoms with E-state index >= 15 is 0 Å². The summed E-state index contributed by atoms with van der Waals surface area (Å²) in [5.74, 6) is -0.115. The predicted molar refractivity (Wildman–Crippen MR) is 148 cm³/mol. The van der Waals surface area contributed by atoms with Crippen LogP contribution in [-0.4, -0.2) is 16.8 Å². The fraction of sp³-hybridized carbons (Fsp3) is 0.300. The predicted octanol–water partition coefficient (Wildman–Crippen LogP) is 6.78. The minimum absolute atomic E-state index is 0.258. The summed E-state index contributed by atoms with van der Waals surface area (Å²) in [5, 5.41) is 4.38. The summed E-state index contributed by atoms with van der Waals surface area (Å²) in [4.78, 5) is 32.1. The maximum atomic E-state index is 13.7. The molecule has 2 amide bonds. The molecule has 0 saturated carbocycles. The number of aryl methyl sites for hydroxylation is 1. The highest BCUT2D eigenvalue weighted by Gasteiger charge is 2.29. The molecule has 0 bridgehead atoms. The lowest BCUT2D eigenvalue weighted by atomic mass is 9.84. The van der Waals surface area contributed by atoms with Crippen LogP contribution in [0, 0.1) is 5.92 Å². The van der Waals surface area contributed by atoms with Crippen molar-refractivity contribution in [3.8, 4) is 11.3 Å². The fourth-order valence-electron chi connectivity index (χ4n) is 5.25. The number of fused-ring (bicyclic) bond motifs is 2. The molecule has 1 aliphatic rings. The molecular formula is C30H31N3O2S. The average Bonchev–Trinajstić information content (AvgIpc) is 3.25. The number of anilines is 1. The molecule has 5 nitrogen and oxygen atoms in total. The third kappa shape index (κ3) is 4.65. The molecule has 0 spiro atoms. The number of carbonyl (C=O) groups excluding carboxylic acids is 2. The summed E-state index contributed by atoms with van der Waals surface area (Å²) in [6.07, 6.45) is 6.12. The van der Waals surface area contributed by atoms with Gasteiger partial charge in [-0.3, -0.25) is 9.59 Å². The van der Waals surface area contributed by atoms with Crippen LogP contribution in [0.15, 0.2) is 54.6 Å². The maximum absolute atomic E-state index is 13.7.